The molecule has 3 N–H and O–H groups in total. The van der Waals surface area contributed by atoms with Gasteiger partial charge in [-0.3, -0.25) is 18.6 Å². The molecule has 0 aromatic rings. The van der Waals surface area contributed by atoms with E-state index in [1.54, 1.807) is 0 Å². The monoisotopic (exact) mass is 804 g/mol. The number of phosphoric ester groups is 1. The van der Waals surface area contributed by atoms with Gasteiger partial charge in [0.25, 0.3) is 0 Å². The lowest BCUT2D eigenvalue weighted by Gasteiger charge is -2.15. The Balaban J connectivity index is 3.74. The van der Waals surface area contributed by atoms with Crippen molar-refractivity contribution in [1.29, 1.82) is 0 Å². The van der Waals surface area contributed by atoms with E-state index in [0.29, 0.717) is 6.42 Å². The van der Waals surface area contributed by atoms with Crippen molar-refractivity contribution < 1.29 is 37.9 Å². The van der Waals surface area contributed by atoms with Gasteiger partial charge >= 0.3 is 13.8 Å². The van der Waals surface area contributed by atoms with Crippen molar-refractivity contribution in [2.75, 3.05) is 26.4 Å². The first-order valence-electron chi connectivity index (χ1n) is 21.6. The van der Waals surface area contributed by atoms with Crippen molar-refractivity contribution in [3.63, 3.8) is 0 Å². The molecule has 320 valence electrons. The molecule has 0 fully saturated rings. The summed E-state index contributed by atoms with van der Waals surface area (Å²) in [5, 5.41) is 12.6. The van der Waals surface area contributed by atoms with Gasteiger partial charge in [-0.2, -0.15) is 0 Å². The van der Waals surface area contributed by atoms with Gasteiger partial charge in [0.1, 0.15) is 12.7 Å². The minimum absolute atomic E-state index is 0.0348. The van der Waals surface area contributed by atoms with Crippen molar-refractivity contribution in [2.24, 2.45) is 0 Å². The Labute approximate surface area is 341 Å². The van der Waals surface area contributed by atoms with Crippen molar-refractivity contribution in [2.45, 2.75) is 168 Å². The Hall–Kier alpha value is -2.81. The van der Waals surface area contributed by atoms with Gasteiger partial charge in [0, 0.05) is 19.4 Å². The zero-order valence-electron chi connectivity index (χ0n) is 35.0. The quantitative estimate of drug-likeness (QED) is 0.0242. The summed E-state index contributed by atoms with van der Waals surface area (Å²) in [5.41, 5.74) is 0. The number of esters is 1. The fraction of sp³-hybridized carbons (Fsp3) is 0.652. The summed E-state index contributed by atoms with van der Waals surface area (Å²) in [6.07, 6.45) is 52.4. The van der Waals surface area contributed by atoms with E-state index in [0.717, 1.165) is 77.0 Å². The average molecular weight is 804 g/mol. The van der Waals surface area contributed by atoms with Gasteiger partial charge in [0.2, 0.25) is 5.91 Å². The number of unbranched alkanes of at least 4 members (excludes halogenated alkanes) is 12. The van der Waals surface area contributed by atoms with E-state index in [-0.39, 0.29) is 38.5 Å². The molecule has 0 aliphatic rings. The van der Waals surface area contributed by atoms with E-state index in [1.807, 2.05) is 12.2 Å². The fourth-order valence-electron chi connectivity index (χ4n) is 5.34. The van der Waals surface area contributed by atoms with E-state index >= 15 is 0 Å². The molecule has 0 spiro atoms. The second-order valence-corrected chi connectivity index (χ2v) is 15.4. The van der Waals surface area contributed by atoms with Crippen molar-refractivity contribution >= 4 is 19.7 Å². The lowest BCUT2D eigenvalue weighted by molar-refractivity contribution is -0.147. The van der Waals surface area contributed by atoms with E-state index in [4.69, 9.17) is 13.8 Å². The number of hydrogen-bond acceptors (Lipinski definition) is 7. The highest BCUT2D eigenvalue weighted by molar-refractivity contribution is 7.47. The molecule has 0 rings (SSSR count). The van der Waals surface area contributed by atoms with Crippen LogP contribution in [0.3, 0.4) is 0 Å². The first kappa shape index (κ1) is 53.2. The highest BCUT2D eigenvalue weighted by atomic mass is 31.2. The van der Waals surface area contributed by atoms with Crippen LogP contribution < -0.4 is 5.32 Å². The molecule has 1 amide bonds. The molecular weight excluding hydrogens is 725 g/mol. The number of phosphoric acid groups is 1. The molecule has 56 heavy (non-hydrogen) atoms. The normalized spacial score (nSPS) is 14.1. The number of amides is 1. The first-order valence-corrected chi connectivity index (χ1v) is 23.1. The minimum Gasteiger partial charge on any atom is -0.463 e. The van der Waals surface area contributed by atoms with Gasteiger partial charge in [-0.05, 0) is 77.0 Å². The van der Waals surface area contributed by atoms with Crippen LogP contribution in [0.15, 0.2) is 85.1 Å². The highest BCUT2D eigenvalue weighted by Gasteiger charge is 2.23. The summed E-state index contributed by atoms with van der Waals surface area (Å²) in [6.45, 7) is 3.32. The standard InChI is InChI=1S/C46H78NO8P/c1-3-5-7-9-11-13-15-17-19-21-22-23-24-26-28-30-32-34-36-38-45(49)47-40-41-54-56(51,52)55-43-44(48)42-53-46(50)39-37-35-33-31-29-27-25-20-18-16-14-12-10-8-6-4-2/h5,7,11,13,17,19-20,22-23,25-26,28,32,34,44,48H,3-4,6,8-10,12,14-16,18,21,24,27,29-31,33,35-43H2,1-2H3,(H,47,49)(H,51,52)/b7-5-,13-11-,19-17-,23-22-,25-20-,28-26-,34-32-. The SMILES string of the molecule is CC/C=C\C/C=C\C/C=C\C/C=C\C/C=C\C/C=C\CCC(=O)NCCOP(=O)(O)OCC(O)COC(=O)CCCCCCC/C=C\CCCCCCCCC. The summed E-state index contributed by atoms with van der Waals surface area (Å²) in [5.74, 6) is -0.617. The molecule has 0 aliphatic carbocycles. The number of allylic oxidation sites excluding steroid dienone is 14. The number of ether oxygens (including phenoxy) is 1. The van der Waals surface area contributed by atoms with Gasteiger partial charge in [-0.15, -0.1) is 0 Å². The Morgan fingerprint density at radius 2 is 1.04 bits per heavy atom. The molecule has 0 heterocycles. The maximum absolute atomic E-state index is 12.1. The number of rotatable bonds is 39. The van der Waals surface area contributed by atoms with Crippen LogP contribution in [-0.2, 0) is 27.9 Å². The molecule has 0 aromatic heterocycles. The summed E-state index contributed by atoms with van der Waals surface area (Å²) >= 11 is 0. The van der Waals surface area contributed by atoms with Crippen LogP contribution in [0.1, 0.15) is 162 Å². The zero-order chi connectivity index (χ0) is 41.1. The number of aliphatic hydroxyl groups is 1. The molecule has 0 aliphatic heterocycles. The molecule has 10 heteroatoms. The Kier molecular flexibility index (Phi) is 39.7. The third-order valence-electron chi connectivity index (χ3n) is 8.57. The van der Waals surface area contributed by atoms with Crippen LogP contribution in [0.25, 0.3) is 0 Å². The molecule has 0 bridgehead atoms. The second kappa shape index (κ2) is 41.8. The highest BCUT2D eigenvalue weighted by Crippen LogP contribution is 2.42. The molecule has 0 aromatic carbocycles. The Bertz CT molecular complexity index is 1190. The van der Waals surface area contributed by atoms with Gasteiger partial charge in [0.05, 0.1) is 13.2 Å². The molecule has 0 saturated carbocycles. The predicted molar refractivity (Wildman–Crippen MR) is 233 cm³/mol. The van der Waals surface area contributed by atoms with Crippen LogP contribution in [0.4, 0.5) is 0 Å². The van der Waals surface area contributed by atoms with Crippen LogP contribution in [-0.4, -0.2) is 54.3 Å². The van der Waals surface area contributed by atoms with Crippen molar-refractivity contribution in [1.82, 2.24) is 5.32 Å². The third kappa shape index (κ3) is 42.3. The number of aliphatic hydroxyl groups excluding tert-OH is 1. The number of carbonyl (C=O) groups excluding carboxylic acids is 2. The van der Waals surface area contributed by atoms with Crippen molar-refractivity contribution in [3.8, 4) is 0 Å². The summed E-state index contributed by atoms with van der Waals surface area (Å²) < 4.78 is 26.8. The van der Waals surface area contributed by atoms with E-state index in [1.165, 1.54) is 51.4 Å². The maximum Gasteiger partial charge on any atom is 0.472 e. The third-order valence-corrected chi connectivity index (χ3v) is 9.56. The molecule has 2 atom stereocenters. The smallest absolute Gasteiger partial charge is 0.463 e. The van der Waals surface area contributed by atoms with Crippen LogP contribution in [0, 0.1) is 0 Å². The minimum atomic E-state index is -4.44. The molecular formula is C46H78NO8P. The average Bonchev–Trinajstić information content (AvgIpc) is 3.18. The number of nitrogens with one attached hydrogen (secondary N) is 1. The topological polar surface area (TPSA) is 131 Å². The molecule has 2 unspecified atom stereocenters. The van der Waals surface area contributed by atoms with Crippen LogP contribution in [0.5, 0.6) is 0 Å². The Morgan fingerprint density at radius 3 is 1.57 bits per heavy atom. The Morgan fingerprint density at radius 1 is 0.571 bits per heavy atom. The lowest BCUT2D eigenvalue weighted by atomic mass is 10.1. The number of carbonyl (C=O) groups is 2. The molecule has 9 nitrogen and oxygen atoms in total. The lowest BCUT2D eigenvalue weighted by Crippen LogP contribution is -2.27. The van der Waals surface area contributed by atoms with Crippen molar-refractivity contribution in [3.05, 3.63) is 85.1 Å². The fourth-order valence-corrected chi connectivity index (χ4v) is 6.09. The summed E-state index contributed by atoms with van der Waals surface area (Å²) in [4.78, 5) is 33.9. The van der Waals surface area contributed by atoms with Crippen LogP contribution in [0.2, 0.25) is 0 Å². The first-order chi connectivity index (χ1) is 27.3. The number of hydrogen-bond donors (Lipinski definition) is 3. The van der Waals surface area contributed by atoms with Gasteiger partial charge < -0.3 is 20.1 Å². The zero-order valence-corrected chi connectivity index (χ0v) is 35.9. The summed E-state index contributed by atoms with van der Waals surface area (Å²) in [7, 11) is -4.44. The largest absolute Gasteiger partial charge is 0.472 e. The van der Waals surface area contributed by atoms with Gasteiger partial charge in [-0.1, -0.05) is 157 Å². The molecule has 0 saturated heterocycles. The molecule has 0 radical (unpaired) electrons. The predicted octanol–water partition coefficient (Wildman–Crippen LogP) is 12.0. The second-order valence-electron chi connectivity index (χ2n) is 13.9. The van der Waals surface area contributed by atoms with Crippen LogP contribution >= 0.6 is 7.82 Å². The van der Waals surface area contributed by atoms with Gasteiger partial charge in [0.15, 0.2) is 0 Å². The van der Waals surface area contributed by atoms with E-state index < -0.39 is 26.5 Å². The maximum atomic E-state index is 12.1. The van der Waals surface area contributed by atoms with E-state index in [9.17, 15) is 24.2 Å². The summed E-state index contributed by atoms with van der Waals surface area (Å²) in [6, 6.07) is 0. The van der Waals surface area contributed by atoms with Gasteiger partial charge in [-0.25, -0.2) is 4.57 Å². The van der Waals surface area contributed by atoms with E-state index in [2.05, 4.69) is 92.1 Å².